The summed E-state index contributed by atoms with van der Waals surface area (Å²) in [5.41, 5.74) is 2.70. The van der Waals surface area contributed by atoms with Gasteiger partial charge in [-0.25, -0.2) is 4.79 Å². The maximum absolute atomic E-state index is 11.2. The number of carbonyl (C=O) groups excluding carboxylic acids is 1. The van der Waals surface area contributed by atoms with Crippen LogP contribution in [0, 0.1) is 6.07 Å². The van der Waals surface area contributed by atoms with Crippen molar-refractivity contribution < 1.29 is 9.53 Å². The third-order valence-electron chi connectivity index (χ3n) is 2.35. The molecule has 2 heteroatoms. The second-order valence-electron chi connectivity index (χ2n) is 3.36. The quantitative estimate of drug-likeness (QED) is 0.714. The maximum Gasteiger partial charge on any atom is 0.337 e. The molecular formula is C14H11O2. The van der Waals surface area contributed by atoms with Gasteiger partial charge in [0, 0.05) is 0 Å². The van der Waals surface area contributed by atoms with Crippen LogP contribution in [0.2, 0.25) is 0 Å². The first-order chi connectivity index (χ1) is 7.81. The van der Waals surface area contributed by atoms with E-state index in [1.54, 1.807) is 12.1 Å². The molecule has 0 aromatic heterocycles. The van der Waals surface area contributed by atoms with E-state index < -0.39 is 0 Å². The number of hydrogen-bond acceptors (Lipinski definition) is 2. The SMILES string of the molecule is COC(=O)c1ccc(-c2c[c]ccc2)cc1. The van der Waals surface area contributed by atoms with E-state index in [4.69, 9.17) is 0 Å². The second kappa shape index (κ2) is 4.62. The fourth-order valence-corrected chi connectivity index (χ4v) is 1.49. The minimum Gasteiger partial charge on any atom is -0.465 e. The van der Waals surface area contributed by atoms with Crippen LogP contribution in [0.3, 0.4) is 0 Å². The fraction of sp³-hybridized carbons (Fsp3) is 0.0714. The molecule has 0 bridgehead atoms. The van der Waals surface area contributed by atoms with E-state index in [-0.39, 0.29) is 5.97 Å². The van der Waals surface area contributed by atoms with Crippen LogP contribution < -0.4 is 0 Å². The molecule has 0 heterocycles. The van der Waals surface area contributed by atoms with Crippen molar-refractivity contribution >= 4 is 5.97 Å². The van der Waals surface area contributed by atoms with Crippen molar-refractivity contribution in [2.75, 3.05) is 7.11 Å². The van der Waals surface area contributed by atoms with Crippen LogP contribution in [0.25, 0.3) is 11.1 Å². The largest absolute Gasteiger partial charge is 0.465 e. The number of ether oxygens (including phenoxy) is 1. The highest BCUT2D eigenvalue weighted by atomic mass is 16.5. The fourth-order valence-electron chi connectivity index (χ4n) is 1.49. The summed E-state index contributed by atoms with van der Waals surface area (Å²) in [5, 5.41) is 0. The molecule has 0 aliphatic carbocycles. The maximum atomic E-state index is 11.2. The van der Waals surface area contributed by atoms with Crippen LogP contribution in [0.5, 0.6) is 0 Å². The number of hydrogen-bond donors (Lipinski definition) is 0. The molecule has 0 aliphatic rings. The lowest BCUT2D eigenvalue weighted by atomic mass is 10.0. The van der Waals surface area contributed by atoms with E-state index in [9.17, 15) is 4.79 Å². The molecule has 0 spiro atoms. The van der Waals surface area contributed by atoms with Crippen LogP contribution >= 0.6 is 0 Å². The molecule has 16 heavy (non-hydrogen) atoms. The molecule has 0 saturated heterocycles. The Bertz CT molecular complexity index is 472. The molecular weight excluding hydrogens is 200 g/mol. The minimum atomic E-state index is -0.314. The number of benzene rings is 2. The molecule has 0 N–H and O–H groups in total. The van der Waals surface area contributed by atoms with Crippen molar-refractivity contribution in [1.82, 2.24) is 0 Å². The summed E-state index contributed by atoms with van der Waals surface area (Å²) >= 11 is 0. The van der Waals surface area contributed by atoms with Gasteiger partial charge in [-0.15, -0.1) is 0 Å². The minimum absolute atomic E-state index is 0.314. The van der Waals surface area contributed by atoms with E-state index in [0.717, 1.165) is 11.1 Å². The van der Waals surface area contributed by atoms with Gasteiger partial charge in [0.25, 0.3) is 0 Å². The van der Waals surface area contributed by atoms with Crippen LogP contribution in [0.1, 0.15) is 10.4 Å². The third kappa shape index (κ3) is 2.11. The van der Waals surface area contributed by atoms with E-state index in [2.05, 4.69) is 10.8 Å². The average Bonchev–Trinajstić information content (AvgIpc) is 2.39. The van der Waals surface area contributed by atoms with Crippen molar-refractivity contribution in [2.24, 2.45) is 0 Å². The Balaban J connectivity index is 2.30. The number of esters is 1. The van der Waals surface area contributed by atoms with Crippen LogP contribution in [-0.4, -0.2) is 13.1 Å². The zero-order chi connectivity index (χ0) is 11.4. The Kier molecular flexibility index (Phi) is 3.01. The highest BCUT2D eigenvalue weighted by Gasteiger charge is 2.04. The monoisotopic (exact) mass is 211 g/mol. The number of rotatable bonds is 2. The topological polar surface area (TPSA) is 26.3 Å². The summed E-state index contributed by atoms with van der Waals surface area (Å²) in [7, 11) is 1.38. The molecule has 0 aliphatic heterocycles. The van der Waals surface area contributed by atoms with Crippen LogP contribution in [0.15, 0.2) is 48.5 Å². The van der Waals surface area contributed by atoms with Crippen molar-refractivity contribution in [3.05, 3.63) is 60.2 Å². The predicted molar refractivity (Wildman–Crippen MR) is 62.1 cm³/mol. The first-order valence-electron chi connectivity index (χ1n) is 4.96. The second-order valence-corrected chi connectivity index (χ2v) is 3.36. The average molecular weight is 211 g/mol. The predicted octanol–water partition coefficient (Wildman–Crippen LogP) is 2.94. The normalized spacial score (nSPS) is 9.81. The van der Waals surface area contributed by atoms with Gasteiger partial charge < -0.3 is 4.74 Å². The molecule has 2 aromatic carbocycles. The first-order valence-corrected chi connectivity index (χ1v) is 4.96. The summed E-state index contributed by atoms with van der Waals surface area (Å²) in [6.45, 7) is 0. The van der Waals surface area contributed by atoms with E-state index in [1.165, 1.54) is 7.11 Å². The van der Waals surface area contributed by atoms with E-state index in [0.29, 0.717) is 5.56 Å². The third-order valence-corrected chi connectivity index (χ3v) is 2.35. The van der Waals surface area contributed by atoms with Gasteiger partial charge in [-0.3, -0.25) is 0 Å². The standard InChI is InChI=1S/C14H11O2/c1-16-14(15)13-9-7-12(8-10-13)11-5-3-2-4-6-11/h2-3,5-10H,1H3. The summed E-state index contributed by atoms with van der Waals surface area (Å²) in [5.74, 6) is -0.314. The lowest BCUT2D eigenvalue weighted by molar-refractivity contribution is 0.0601. The first kappa shape index (κ1) is 10.4. The van der Waals surface area contributed by atoms with Crippen molar-refractivity contribution in [2.45, 2.75) is 0 Å². The summed E-state index contributed by atoms with van der Waals surface area (Å²) in [6, 6.07) is 18.0. The van der Waals surface area contributed by atoms with Gasteiger partial charge in [-0.1, -0.05) is 30.3 Å². The van der Waals surface area contributed by atoms with Gasteiger partial charge in [0.2, 0.25) is 0 Å². The van der Waals surface area contributed by atoms with Crippen molar-refractivity contribution in [3.8, 4) is 11.1 Å². The molecule has 0 unspecified atom stereocenters. The molecule has 79 valence electrons. The summed E-state index contributed by atoms with van der Waals surface area (Å²) in [4.78, 5) is 11.2. The van der Waals surface area contributed by atoms with Crippen LogP contribution in [0.4, 0.5) is 0 Å². The highest BCUT2D eigenvalue weighted by molar-refractivity contribution is 5.89. The molecule has 0 saturated carbocycles. The number of methoxy groups -OCH3 is 1. The molecule has 2 aromatic rings. The molecule has 0 fully saturated rings. The summed E-state index contributed by atoms with van der Waals surface area (Å²) < 4.78 is 4.64. The van der Waals surface area contributed by atoms with Crippen molar-refractivity contribution in [3.63, 3.8) is 0 Å². The lowest BCUT2D eigenvalue weighted by Gasteiger charge is -2.02. The lowest BCUT2D eigenvalue weighted by Crippen LogP contribution is -2.00. The molecule has 0 atom stereocenters. The Morgan fingerprint density at radius 3 is 2.44 bits per heavy atom. The van der Waals surface area contributed by atoms with Gasteiger partial charge in [-0.2, -0.15) is 0 Å². The molecule has 2 nitrogen and oxygen atoms in total. The Hall–Kier alpha value is -2.09. The molecule has 0 amide bonds. The zero-order valence-corrected chi connectivity index (χ0v) is 8.94. The highest BCUT2D eigenvalue weighted by Crippen LogP contribution is 2.19. The van der Waals surface area contributed by atoms with Crippen molar-refractivity contribution in [1.29, 1.82) is 0 Å². The van der Waals surface area contributed by atoms with Gasteiger partial charge in [0.05, 0.1) is 12.7 Å². The van der Waals surface area contributed by atoms with Gasteiger partial charge in [-0.05, 0) is 35.4 Å². The molecule has 2 rings (SSSR count). The van der Waals surface area contributed by atoms with E-state index >= 15 is 0 Å². The Morgan fingerprint density at radius 1 is 1.12 bits per heavy atom. The van der Waals surface area contributed by atoms with Gasteiger partial charge >= 0.3 is 5.97 Å². The molecule has 1 radical (unpaired) electrons. The Morgan fingerprint density at radius 2 is 1.88 bits per heavy atom. The van der Waals surface area contributed by atoms with E-state index in [1.807, 2.05) is 36.4 Å². The van der Waals surface area contributed by atoms with Gasteiger partial charge in [0.15, 0.2) is 0 Å². The number of carbonyl (C=O) groups is 1. The Labute approximate surface area is 94.5 Å². The summed E-state index contributed by atoms with van der Waals surface area (Å²) in [6.07, 6.45) is 0. The van der Waals surface area contributed by atoms with Gasteiger partial charge in [0.1, 0.15) is 0 Å². The van der Waals surface area contributed by atoms with Crippen LogP contribution in [-0.2, 0) is 4.74 Å². The zero-order valence-electron chi connectivity index (χ0n) is 8.94. The smallest absolute Gasteiger partial charge is 0.337 e.